The number of hydrogen-bond acceptors (Lipinski definition) is 8. The smallest absolute Gasteiger partial charge is 0.408 e. The lowest BCUT2D eigenvalue weighted by atomic mass is 10.0. The van der Waals surface area contributed by atoms with E-state index in [9.17, 15) is 23.4 Å². The number of carbonyl (C=O) groups is 4. The van der Waals surface area contributed by atoms with Crippen molar-refractivity contribution in [2.75, 3.05) is 12.9 Å². The molecular weight excluding hydrogens is 613 g/mol. The van der Waals surface area contributed by atoms with E-state index in [2.05, 4.69) is 10.6 Å². The lowest BCUT2D eigenvalue weighted by Crippen LogP contribution is -2.71. The Morgan fingerprint density at radius 1 is 1.15 bits per heavy atom. The zero-order valence-electron chi connectivity index (χ0n) is 21.7. The van der Waals surface area contributed by atoms with Gasteiger partial charge in [-0.25, -0.2) is 9.59 Å². The quantitative estimate of drug-likeness (QED) is 0.263. The van der Waals surface area contributed by atoms with Crippen molar-refractivity contribution in [1.82, 2.24) is 15.5 Å². The number of alkyl carbamates (subject to hydrolysis) is 1. The average molecular weight is 641 g/mol. The van der Waals surface area contributed by atoms with Gasteiger partial charge < -0.3 is 20.1 Å². The molecule has 4 unspecified atom stereocenters. The number of thioether (sulfide) groups is 1. The number of nitrogens with one attached hydrogen (secondary N) is 2. The number of β-lactam (4-membered cyclic amide) rings is 1. The molecule has 0 bridgehead atoms. The first-order chi connectivity index (χ1) is 18.0. The van der Waals surface area contributed by atoms with Crippen molar-refractivity contribution in [2.45, 2.75) is 64.7 Å². The summed E-state index contributed by atoms with van der Waals surface area (Å²) in [5.41, 5.74) is -0.444. The maximum Gasteiger partial charge on any atom is 0.408 e. The molecule has 39 heavy (non-hydrogen) atoms. The highest BCUT2D eigenvalue weighted by atomic mass is 35.6. The van der Waals surface area contributed by atoms with Crippen LogP contribution in [0.4, 0.5) is 4.79 Å². The van der Waals surface area contributed by atoms with Gasteiger partial charge in [-0.3, -0.25) is 18.7 Å². The van der Waals surface area contributed by atoms with Gasteiger partial charge >= 0.3 is 12.1 Å². The third-order valence-electron chi connectivity index (χ3n) is 5.39. The summed E-state index contributed by atoms with van der Waals surface area (Å²) in [7, 11) is -1.24. The fraction of sp³-hybridized carbons (Fsp3) is 0.500. The summed E-state index contributed by atoms with van der Waals surface area (Å²) >= 11 is 18.3. The molecule has 0 saturated carbocycles. The molecule has 214 valence electrons. The van der Waals surface area contributed by atoms with Crippen LogP contribution in [0, 0.1) is 0 Å². The van der Waals surface area contributed by atoms with Crippen LogP contribution in [-0.2, 0) is 34.7 Å². The van der Waals surface area contributed by atoms with E-state index in [1.165, 1.54) is 22.9 Å². The number of ether oxygens (including phenoxy) is 2. The number of hydrogen-bond donors (Lipinski definition) is 2. The predicted octanol–water partition coefficient (Wildman–Crippen LogP) is 3.58. The van der Waals surface area contributed by atoms with Gasteiger partial charge in [-0.1, -0.05) is 46.9 Å². The lowest BCUT2D eigenvalue weighted by Gasteiger charge is -2.50. The summed E-state index contributed by atoms with van der Waals surface area (Å²) in [6.45, 7) is 6.35. The molecule has 15 heteroatoms. The Balaban J connectivity index is 1.79. The van der Waals surface area contributed by atoms with E-state index >= 15 is 0 Å². The monoisotopic (exact) mass is 639 g/mol. The molecule has 2 N–H and O–H groups in total. The van der Waals surface area contributed by atoms with Crippen LogP contribution in [0.5, 0.6) is 0 Å². The molecular formula is C24H28Cl3N3O7S2. The third-order valence-corrected chi connectivity index (χ3v) is 7.98. The summed E-state index contributed by atoms with van der Waals surface area (Å²) in [6, 6.07) is 4.07. The van der Waals surface area contributed by atoms with Gasteiger partial charge in [0.15, 0.2) is 0 Å². The first kappa shape index (κ1) is 31.5. The number of fused-ring (bicyclic) bond motifs is 1. The summed E-state index contributed by atoms with van der Waals surface area (Å²) in [5.74, 6) is -2.06. The number of rotatable bonds is 7. The Hall–Kier alpha value is -1.99. The number of amides is 3. The maximum absolute atomic E-state index is 13.4. The van der Waals surface area contributed by atoms with Crippen LogP contribution in [0.15, 0.2) is 40.9 Å². The van der Waals surface area contributed by atoms with E-state index in [0.717, 1.165) is 0 Å². The summed E-state index contributed by atoms with van der Waals surface area (Å²) < 4.78 is 20.3. The van der Waals surface area contributed by atoms with Gasteiger partial charge in [0.25, 0.3) is 5.91 Å². The van der Waals surface area contributed by atoms with Gasteiger partial charge in [-0.15, -0.1) is 11.8 Å². The van der Waals surface area contributed by atoms with E-state index < -0.39 is 68.1 Å². The van der Waals surface area contributed by atoms with Gasteiger partial charge in [0.05, 0.1) is 0 Å². The largest absolute Gasteiger partial charge is 0.456 e. The van der Waals surface area contributed by atoms with E-state index in [1.54, 1.807) is 51.1 Å². The molecule has 0 aromatic heterocycles. The van der Waals surface area contributed by atoms with Crippen molar-refractivity contribution in [2.24, 2.45) is 0 Å². The molecule has 3 rings (SSSR count). The summed E-state index contributed by atoms with van der Waals surface area (Å²) in [6.07, 6.45) is 2.24. The van der Waals surface area contributed by atoms with Crippen LogP contribution < -0.4 is 10.6 Å². The normalized spacial score (nSPS) is 22.5. The van der Waals surface area contributed by atoms with Gasteiger partial charge in [0.1, 0.15) is 35.4 Å². The minimum Gasteiger partial charge on any atom is -0.456 e. The molecule has 0 radical (unpaired) electrons. The minimum absolute atomic E-state index is 0.0115. The Labute approximate surface area is 247 Å². The highest BCUT2D eigenvalue weighted by molar-refractivity contribution is 8.00. The van der Waals surface area contributed by atoms with E-state index in [0.29, 0.717) is 10.5 Å². The van der Waals surface area contributed by atoms with Crippen LogP contribution in [-0.4, -0.2) is 71.9 Å². The van der Waals surface area contributed by atoms with E-state index in [-0.39, 0.29) is 10.9 Å². The third kappa shape index (κ3) is 8.26. The molecule has 1 aromatic rings. The molecule has 0 spiro atoms. The second-order valence-electron chi connectivity index (χ2n) is 9.77. The van der Waals surface area contributed by atoms with Crippen molar-refractivity contribution >= 4 is 81.2 Å². The zero-order valence-corrected chi connectivity index (χ0v) is 25.6. The number of carbonyl (C=O) groups excluding carboxylic acids is 4. The van der Waals surface area contributed by atoms with Crippen LogP contribution in [0.2, 0.25) is 0 Å². The highest BCUT2D eigenvalue weighted by Gasteiger charge is 2.54. The minimum atomic E-state index is -1.82. The van der Waals surface area contributed by atoms with Crippen molar-refractivity contribution < 1.29 is 32.9 Å². The Morgan fingerprint density at radius 3 is 2.31 bits per heavy atom. The molecule has 2 aliphatic rings. The highest BCUT2D eigenvalue weighted by Crippen LogP contribution is 2.41. The molecule has 5 atom stereocenters. The first-order valence-corrected chi connectivity index (χ1v) is 15.3. The van der Waals surface area contributed by atoms with Gasteiger partial charge in [0, 0.05) is 27.2 Å². The van der Waals surface area contributed by atoms with Crippen LogP contribution in [0.1, 0.15) is 39.3 Å². The summed E-state index contributed by atoms with van der Waals surface area (Å²) in [5, 5.41) is 4.41. The Morgan fingerprint density at radius 2 is 1.77 bits per heavy atom. The SMILES string of the molecule is CC1C=C(C(=O)OCC(Cl)(Cl)Cl)N2C(=O)C(NC(=O)C(NC(=O)OC(C)(C)C)c3ccc(S(C)=O)cc3)[C@@H]2S1. The van der Waals surface area contributed by atoms with Crippen LogP contribution in [0.25, 0.3) is 0 Å². The average Bonchev–Trinajstić information content (AvgIpc) is 2.82. The molecule has 2 aliphatic heterocycles. The van der Waals surface area contributed by atoms with E-state index in [1.807, 2.05) is 6.92 Å². The fourth-order valence-electron chi connectivity index (χ4n) is 3.76. The van der Waals surface area contributed by atoms with Crippen molar-refractivity contribution in [3.63, 3.8) is 0 Å². The lowest BCUT2D eigenvalue weighted by molar-refractivity contribution is -0.153. The van der Waals surface area contributed by atoms with Crippen LogP contribution >= 0.6 is 46.6 Å². The molecule has 0 aliphatic carbocycles. The predicted molar refractivity (Wildman–Crippen MR) is 150 cm³/mol. The summed E-state index contributed by atoms with van der Waals surface area (Å²) in [4.78, 5) is 53.4. The van der Waals surface area contributed by atoms with Crippen molar-refractivity contribution in [1.29, 1.82) is 0 Å². The van der Waals surface area contributed by atoms with Crippen LogP contribution in [0.3, 0.4) is 0 Å². The standard InChI is InChI=1S/C24H28Cl3N3O7S2/c1-12-10-15(21(33)36-11-24(25,26)27)30-19(32)17(20(30)38-12)28-18(31)16(29-22(34)37-23(2,3)4)13-6-8-14(9-7-13)39(5)35/h6-10,12,16-17,20H,11H2,1-5H3,(H,28,31)(H,29,34)/t12?,16?,17?,20-,39?/m0/s1. The number of alkyl halides is 3. The molecule has 3 amide bonds. The molecule has 2 heterocycles. The number of halogens is 3. The number of nitrogens with zero attached hydrogens (tertiary/aromatic N) is 1. The fourth-order valence-corrected chi connectivity index (χ4v) is 5.77. The van der Waals surface area contributed by atoms with Crippen molar-refractivity contribution in [3.05, 3.63) is 41.6 Å². The maximum atomic E-state index is 13.4. The molecule has 10 nitrogen and oxygen atoms in total. The zero-order chi connectivity index (χ0) is 29.3. The second-order valence-corrected chi connectivity index (χ2v) is 15.2. The Kier molecular flexibility index (Phi) is 9.91. The number of benzene rings is 1. The molecule has 1 fully saturated rings. The number of esters is 1. The Bertz CT molecular complexity index is 1200. The first-order valence-electron chi connectivity index (χ1n) is 11.6. The van der Waals surface area contributed by atoms with Gasteiger partial charge in [-0.05, 0) is 51.5 Å². The molecule has 1 saturated heterocycles. The second kappa shape index (κ2) is 12.3. The molecule has 1 aromatic carbocycles. The topological polar surface area (TPSA) is 131 Å². The van der Waals surface area contributed by atoms with Gasteiger partial charge in [-0.2, -0.15) is 0 Å². The van der Waals surface area contributed by atoms with E-state index in [4.69, 9.17) is 44.3 Å². The van der Waals surface area contributed by atoms with Gasteiger partial charge in [0.2, 0.25) is 9.70 Å². The van der Waals surface area contributed by atoms with Crippen molar-refractivity contribution in [3.8, 4) is 0 Å².